The van der Waals surface area contributed by atoms with E-state index in [1.807, 2.05) is 104 Å². The summed E-state index contributed by atoms with van der Waals surface area (Å²) in [5, 5.41) is 15.5. The molecule has 0 saturated heterocycles. The maximum Gasteiger partial charge on any atom is 0.366 e. The van der Waals surface area contributed by atoms with Crippen LogP contribution in [-0.4, -0.2) is 63.8 Å². The van der Waals surface area contributed by atoms with E-state index in [9.17, 15) is 23.2 Å². The largest absolute Gasteiger partial charge is 0.493 e. The number of nitrogens with zero attached hydrogens (tertiary/aromatic N) is 2. The summed E-state index contributed by atoms with van der Waals surface area (Å²) < 4.78 is 64.4. The molecule has 1 atom stereocenters. The summed E-state index contributed by atoms with van der Waals surface area (Å²) in [4.78, 5) is 36.1. The molecule has 0 radical (unpaired) electrons. The van der Waals surface area contributed by atoms with Crippen molar-refractivity contribution in [2.24, 2.45) is 10.2 Å². The lowest BCUT2D eigenvalue weighted by Crippen LogP contribution is -2.13. The first-order chi connectivity index (χ1) is 33.6. The number of fused-ring (bicyclic) bond motifs is 3. The summed E-state index contributed by atoms with van der Waals surface area (Å²) in [6, 6.07) is 43.2. The third kappa shape index (κ3) is 13.2. The van der Waals surface area contributed by atoms with E-state index in [0.29, 0.717) is 41.0 Å². The Morgan fingerprint density at radius 3 is 1.84 bits per heavy atom. The van der Waals surface area contributed by atoms with Gasteiger partial charge in [0.1, 0.15) is 47.7 Å². The summed E-state index contributed by atoms with van der Waals surface area (Å²) >= 11 is 0. The van der Waals surface area contributed by atoms with Crippen LogP contribution in [0, 0.1) is 0 Å². The molecular formula is C55H48F2N2O10. The molecule has 12 nitrogen and oxygen atoms in total. The van der Waals surface area contributed by atoms with E-state index >= 15 is 0 Å². The molecule has 0 bridgehead atoms. The maximum atomic E-state index is 13.7. The van der Waals surface area contributed by atoms with Gasteiger partial charge in [-0.25, -0.2) is 14.4 Å². The number of esters is 3. The summed E-state index contributed by atoms with van der Waals surface area (Å²) in [6.07, 6.45) is 2.35. The molecule has 0 spiro atoms. The van der Waals surface area contributed by atoms with Crippen LogP contribution in [0.1, 0.15) is 47.4 Å². The van der Waals surface area contributed by atoms with Crippen LogP contribution < -0.4 is 24.3 Å². The standard InChI is InChI=1S/C55H48F2N2O10/c1-4-50(40-16-21-43(22-17-40)64-28-9-29-66-53(60)36(2)56)68-45-25-26-46-42(34-45)20-27-51(69-55(62)41-18-23-44(24-19-41)65-32-30-63-31-33-67-54(61)37(3)57)49(46)35-58-59-52-47-12-7-5-10-38(47)14-15-39-11-6-8-13-48(39)52/h5-8,10-27,34-35,50H,2-4,9,28-33H2,1H3/b58-35+. The topological polar surface area (TPSA) is 141 Å². The highest BCUT2D eigenvalue weighted by molar-refractivity contribution is 6.04. The molecule has 7 rings (SSSR count). The Balaban J connectivity index is 1.10. The van der Waals surface area contributed by atoms with Crippen molar-refractivity contribution in [1.82, 2.24) is 0 Å². The summed E-state index contributed by atoms with van der Waals surface area (Å²) in [5.41, 5.74) is 1.72. The molecule has 0 aliphatic carbocycles. The van der Waals surface area contributed by atoms with Crippen molar-refractivity contribution in [3.63, 3.8) is 0 Å². The molecule has 0 N–H and O–H groups in total. The molecule has 0 aliphatic heterocycles. The van der Waals surface area contributed by atoms with E-state index in [4.69, 9.17) is 33.5 Å². The number of halogens is 2. The van der Waals surface area contributed by atoms with Crippen LogP contribution in [0.4, 0.5) is 8.78 Å². The van der Waals surface area contributed by atoms with Gasteiger partial charge in [0, 0.05) is 22.8 Å². The molecule has 14 heteroatoms. The zero-order valence-corrected chi connectivity index (χ0v) is 37.7. The van der Waals surface area contributed by atoms with Gasteiger partial charge in [0.25, 0.3) is 0 Å². The van der Waals surface area contributed by atoms with Crippen LogP contribution in [-0.2, 0) is 23.8 Å². The minimum absolute atomic E-state index is 0.00807. The molecule has 0 amide bonds. The Morgan fingerprint density at radius 1 is 0.609 bits per heavy atom. The molecule has 0 aliphatic rings. The smallest absolute Gasteiger partial charge is 0.366 e. The minimum atomic E-state index is -1.18. The van der Waals surface area contributed by atoms with Gasteiger partial charge >= 0.3 is 17.9 Å². The van der Waals surface area contributed by atoms with Crippen LogP contribution >= 0.6 is 0 Å². The van der Waals surface area contributed by atoms with Crippen molar-refractivity contribution >= 4 is 56.4 Å². The van der Waals surface area contributed by atoms with E-state index in [1.165, 1.54) is 0 Å². The van der Waals surface area contributed by atoms with Gasteiger partial charge < -0.3 is 33.2 Å². The Labute approximate surface area is 396 Å². The Morgan fingerprint density at radius 2 is 1.19 bits per heavy atom. The van der Waals surface area contributed by atoms with Crippen LogP contribution in [0.3, 0.4) is 0 Å². The molecule has 0 saturated carbocycles. The highest BCUT2D eigenvalue weighted by atomic mass is 19.1. The molecule has 352 valence electrons. The zero-order chi connectivity index (χ0) is 48.5. The van der Waals surface area contributed by atoms with Crippen LogP contribution in [0.25, 0.3) is 32.3 Å². The fraction of sp³-hybridized carbons (Fsp3) is 0.182. The SMILES string of the molecule is C=C(F)C(=O)OCCCOc1ccc(C(CC)Oc2ccc3c(/C=N/N=c4c5ccccc5ccc5ccccc45)c(OC(=O)c4ccc(OCCOCCOC(=O)C(=C)F)cc4)ccc3c2)cc1. The number of carbonyl (C=O) groups is 3. The van der Waals surface area contributed by atoms with Crippen molar-refractivity contribution in [2.75, 3.05) is 39.6 Å². The Hall–Kier alpha value is -8.23. The first kappa shape index (κ1) is 48.7. The number of ether oxygens (including phenoxy) is 7. The molecule has 7 aromatic carbocycles. The van der Waals surface area contributed by atoms with Gasteiger partial charge in [0.05, 0.1) is 38.2 Å². The van der Waals surface area contributed by atoms with Gasteiger partial charge in [-0.2, -0.15) is 13.9 Å². The van der Waals surface area contributed by atoms with Crippen LogP contribution in [0.2, 0.25) is 0 Å². The average molecular weight is 935 g/mol. The molecule has 69 heavy (non-hydrogen) atoms. The molecule has 7 aromatic rings. The molecule has 0 heterocycles. The fourth-order valence-electron chi connectivity index (χ4n) is 7.16. The van der Waals surface area contributed by atoms with Crippen LogP contribution in [0.5, 0.6) is 23.0 Å². The lowest BCUT2D eigenvalue weighted by molar-refractivity contribution is -0.142. The number of rotatable bonds is 22. The van der Waals surface area contributed by atoms with E-state index in [1.54, 1.807) is 36.5 Å². The van der Waals surface area contributed by atoms with Crippen molar-refractivity contribution < 1.29 is 56.3 Å². The van der Waals surface area contributed by atoms with E-state index < -0.39 is 29.6 Å². The number of hydrogen-bond donors (Lipinski definition) is 0. The monoisotopic (exact) mass is 934 g/mol. The van der Waals surface area contributed by atoms with Crippen molar-refractivity contribution in [1.29, 1.82) is 0 Å². The second-order valence-corrected chi connectivity index (χ2v) is 15.3. The first-order valence-corrected chi connectivity index (χ1v) is 22.1. The van der Waals surface area contributed by atoms with Gasteiger partial charge in [-0.3, -0.25) is 0 Å². The quantitative estimate of drug-likeness (QED) is 0.0161. The van der Waals surface area contributed by atoms with Crippen LogP contribution in [0.15, 0.2) is 175 Å². The predicted octanol–water partition coefficient (Wildman–Crippen LogP) is 11.0. The second-order valence-electron chi connectivity index (χ2n) is 15.3. The fourth-order valence-corrected chi connectivity index (χ4v) is 7.16. The third-order valence-electron chi connectivity index (χ3n) is 10.6. The van der Waals surface area contributed by atoms with Gasteiger partial charge in [0.15, 0.2) is 0 Å². The number of hydrogen-bond acceptors (Lipinski definition) is 12. The maximum absolute atomic E-state index is 13.7. The second kappa shape index (κ2) is 24.0. The van der Waals surface area contributed by atoms with Gasteiger partial charge in [-0.05, 0) is 94.2 Å². The zero-order valence-electron chi connectivity index (χ0n) is 37.7. The first-order valence-electron chi connectivity index (χ1n) is 22.1. The average Bonchev–Trinajstić information content (AvgIpc) is 3.52. The van der Waals surface area contributed by atoms with Crippen molar-refractivity contribution in [3.05, 3.63) is 186 Å². The summed E-state index contributed by atoms with van der Waals surface area (Å²) in [7, 11) is 0. The van der Waals surface area contributed by atoms with E-state index in [0.717, 1.165) is 37.9 Å². The summed E-state index contributed by atoms with van der Waals surface area (Å²) in [5.74, 6) is -3.16. The normalized spacial score (nSPS) is 11.5. The highest BCUT2D eigenvalue weighted by Crippen LogP contribution is 2.33. The minimum Gasteiger partial charge on any atom is -0.493 e. The number of benzene rings is 6. The van der Waals surface area contributed by atoms with Gasteiger partial charge in [0.2, 0.25) is 11.7 Å². The molecule has 0 aromatic heterocycles. The van der Waals surface area contributed by atoms with Gasteiger partial charge in [-0.1, -0.05) is 98.9 Å². The van der Waals surface area contributed by atoms with E-state index in [-0.39, 0.29) is 57.1 Å². The lowest BCUT2D eigenvalue weighted by atomic mass is 10.0. The molecule has 1 unspecified atom stereocenters. The number of carbonyl (C=O) groups excluding carboxylic acids is 3. The molecule has 0 fully saturated rings. The Bertz CT molecular complexity index is 3020. The lowest BCUT2D eigenvalue weighted by Gasteiger charge is -2.19. The highest BCUT2D eigenvalue weighted by Gasteiger charge is 2.17. The third-order valence-corrected chi connectivity index (χ3v) is 10.6. The molecular weight excluding hydrogens is 887 g/mol. The van der Waals surface area contributed by atoms with E-state index in [2.05, 4.69) is 35.1 Å². The van der Waals surface area contributed by atoms with Crippen molar-refractivity contribution in [2.45, 2.75) is 25.9 Å². The summed E-state index contributed by atoms with van der Waals surface area (Å²) in [6.45, 7) is 8.38. The Kier molecular flexibility index (Phi) is 16.9. The van der Waals surface area contributed by atoms with Gasteiger partial charge in [-0.15, -0.1) is 5.10 Å². The predicted molar refractivity (Wildman–Crippen MR) is 259 cm³/mol. The van der Waals surface area contributed by atoms with Crippen molar-refractivity contribution in [3.8, 4) is 23.0 Å².